The van der Waals surface area contributed by atoms with E-state index in [2.05, 4.69) is 22.2 Å². The molecule has 3 rings (SSSR count). The standard InChI is InChI=1S/C16H27N3OS/c1-18(14-6-7-14)16-17-13(12-21-16)11-19-9-4-2-3-5-15(19)8-10-20/h12,14-15,20H,2-11H2,1H3. The first-order valence-electron chi connectivity index (χ1n) is 8.30. The van der Waals surface area contributed by atoms with E-state index in [4.69, 9.17) is 4.98 Å². The van der Waals surface area contributed by atoms with E-state index in [0.717, 1.165) is 25.6 Å². The molecule has 0 aromatic carbocycles. The lowest BCUT2D eigenvalue weighted by molar-refractivity contribution is 0.150. The van der Waals surface area contributed by atoms with Crippen molar-refractivity contribution < 1.29 is 5.11 Å². The number of aliphatic hydroxyl groups excluding tert-OH is 1. The summed E-state index contributed by atoms with van der Waals surface area (Å²) in [5.41, 5.74) is 1.20. The molecule has 1 aromatic rings. The first-order valence-corrected chi connectivity index (χ1v) is 9.18. The van der Waals surface area contributed by atoms with Crippen LogP contribution in [0.3, 0.4) is 0 Å². The number of anilines is 1. The second kappa shape index (κ2) is 7.07. The molecule has 2 fully saturated rings. The van der Waals surface area contributed by atoms with Crippen LogP contribution in [0.15, 0.2) is 5.38 Å². The van der Waals surface area contributed by atoms with Crippen LogP contribution in [0.5, 0.6) is 0 Å². The molecule has 21 heavy (non-hydrogen) atoms. The number of likely N-dealkylation sites (tertiary alicyclic amines) is 1. The fourth-order valence-corrected chi connectivity index (χ4v) is 4.13. The number of aromatic nitrogens is 1. The summed E-state index contributed by atoms with van der Waals surface area (Å²) in [6.45, 7) is 2.39. The third-order valence-corrected chi connectivity index (χ3v) is 5.74. The van der Waals surface area contributed by atoms with Crippen LogP contribution in [0.4, 0.5) is 5.13 Å². The smallest absolute Gasteiger partial charge is 0.185 e. The topological polar surface area (TPSA) is 39.6 Å². The molecule has 1 aliphatic heterocycles. The van der Waals surface area contributed by atoms with Crippen LogP contribution in [-0.4, -0.2) is 47.3 Å². The van der Waals surface area contributed by atoms with E-state index in [0.29, 0.717) is 12.6 Å². The minimum atomic E-state index is 0.300. The maximum Gasteiger partial charge on any atom is 0.185 e. The van der Waals surface area contributed by atoms with Gasteiger partial charge in [0.25, 0.3) is 0 Å². The van der Waals surface area contributed by atoms with Gasteiger partial charge in [0.1, 0.15) is 0 Å². The number of thiazole rings is 1. The summed E-state index contributed by atoms with van der Waals surface area (Å²) >= 11 is 1.77. The van der Waals surface area contributed by atoms with Crippen molar-refractivity contribution in [2.45, 2.75) is 63.6 Å². The molecule has 1 aliphatic carbocycles. The van der Waals surface area contributed by atoms with E-state index in [1.807, 2.05) is 0 Å². The minimum Gasteiger partial charge on any atom is -0.396 e. The van der Waals surface area contributed by atoms with Crippen molar-refractivity contribution in [3.8, 4) is 0 Å². The Bertz CT molecular complexity index is 446. The van der Waals surface area contributed by atoms with Gasteiger partial charge < -0.3 is 10.0 Å². The van der Waals surface area contributed by atoms with Gasteiger partial charge in [0.15, 0.2) is 5.13 Å². The Morgan fingerprint density at radius 3 is 2.95 bits per heavy atom. The van der Waals surface area contributed by atoms with E-state index in [1.165, 1.54) is 49.4 Å². The van der Waals surface area contributed by atoms with Gasteiger partial charge in [0.2, 0.25) is 0 Å². The Balaban J connectivity index is 1.63. The van der Waals surface area contributed by atoms with Crippen LogP contribution < -0.4 is 4.90 Å². The quantitative estimate of drug-likeness (QED) is 0.877. The number of aliphatic hydroxyl groups is 1. The highest BCUT2D eigenvalue weighted by Crippen LogP contribution is 2.32. The molecule has 1 unspecified atom stereocenters. The van der Waals surface area contributed by atoms with E-state index >= 15 is 0 Å². The lowest BCUT2D eigenvalue weighted by atomic mass is 10.1. The predicted molar refractivity (Wildman–Crippen MR) is 87.9 cm³/mol. The molecule has 1 atom stereocenters. The molecule has 0 radical (unpaired) electrons. The van der Waals surface area contributed by atoms with Gasteiger partial charge in [0.05, 0.1) is 5.69 Å². The van der Waals surface area contributed by atoms with Crippen LogP contribution >= 0.6 is 11.3 Å². The molecule has 2 heterocycles. The molecule has 5 heteroatoms. The van der Waals surface area contributed by atoms with Crippen molar-refractivity contribution in [3.05, 3.63) is 11.1 Å². The maximum atomic E-state index is 9.29. The monoisotopic (exact) mass is 309 g/mol. The SMILES string of the molecule is CN(c1nc(CN2CCCCCC2CCO)cs1)C1CC1. The average Bonchev–Trinajstić information content (AvgIpc) is 3.26. The molecule has 1 saturated heterocycles. The van der Waals surface area contributed by atoms with Crippen molar-refractivity contribution in [1.29, 1.82) is 0 Å². The molecule has 2 aliphatic rings. The predicted octanol–water partition coefficient (Wildman–Crippen LogP) is 2.87. The Kier molecular flexibility index (Phi) is 5.14. The van der Waals surface area contributed by atoms with E-state index in [-0.39, 0.29) is 0 Å². The summed E-state index contributed by atoms with van der Waals surface area (Å²) in [5, 5.41) is 12.7. The summed E-state index contributed by atoms with van der Waals surface area (Å²) in [4.78, 5) is 9.71. The number of hydrogen-bond acceptors (Lipinski definition) is 5. The molecule has 0 bridgehead atoms. The molecule has 118 valence electrons. The first kappa shape index (κ1) is 15.3. The normalized spacial score (nSPS) is 24.0. The van der Waals surface area contributed by atoms with Gasteiger partial charge in [-0.15, -0.1) is 11.3 Å². The maximum absolute atomic E-state index is 9.29. The molecule has 1 saturated carbocycles. The van der Waals surface area contributed by atoms with Crippen LogP contribution in [0.2, 0.25) is 0 Å². The van der Waals surface area contributed by atoms with Gasteiger partial charge in [-0.2, -0.15) is 0 Å². The highest BCUT2D eigenvalue weighted by Gasteiger charge is 2.28. The van der Waals surface area contributed by atoms with Crippen molar-refractivity contribution in [2.75, 3.05) is 25.1 Å². The third-order valence-electron chi connectivity index (χ3n) is 4.76. The van der Waals surface area contributed by atoms with Crippen molar-refractivity contribution in [1.82, 2.24) is 9.88 Å². The van der Waals surface area contributed by atoms with Gasteiger partial charge in [-0.3, -0.25) is 4.90 Å². The molecule has 0 amide bonds. The van der Waals surface area contributed by atoms with Gasteiger partial charge in [-0.25, -0.2) is 4.98 Å². The Hall–Kier alpha value is -0.650. The zero-order chi connectivity index (χ0) is 14.7. The number of hydrogen-bond donors (Lipinski definition) is 1. The molecule has 1 N–H and O–H groups in total. The Morgan fingerprint density at radius 2 is 2.19 bits per heavy atom. The fraction of sp³-hybridized carbons (Fsp3) is 0.812. The molecule has 0 spiro atoms. The van der Waals surface area contributed by atoms with Crippen LogP contribution in [0.25, 0.3) is 0 Å². The zero-order valence-corrected chi connectivity index (χ0v) is 13.8. The summed E-state index contributed by atoms with van der Waals surface area (Å²) in [5.74, 6) is 0. The van der Waals surface area contributed by atoms with E-state index in [1.54, 1.807) is 11.3 Å². The molecular weight excluding hydrogens is 282 g/mol. The van der Waals surface area contributed by atoms with E-state index in [9.17, 15) is 5.11 Å². The van der Waals surface area contributed by atoms with Gasteiger partial charge in [-0.05, 0) is 38.6 Å². The second-order valence-electron chi connectivity index (χ2n) is 6.45. The summed E-state index contributed by atoms with van der Waals surface area (Å²) in [7, 11) is 2.17. The minimum absolute atomic E-state index is 0.300. The third kappa shape index (κ3) is 3.96. The zero-order valence-electron chi connectivity index (χ0n) is 13.0. The van der Waals surface area contributed by atoms with Gasteiger partial charge >= 0.3 is 0 Å². The largest absolute Gasteiger partial charge is 0.396 e. The van der Waals surface area contributed by atoms with Crippen LogP contribution in [0.1, 0.15) is 50.6 Å². The van der Waals surface area contributed by atoms with Crippen LogP contribution in [-0.2, 0) is 6.54 Å². The Labute approximate surface area is 131 Å². The summed E-state index contributed by atoms with van der Waals surface area (Å²) < 4.78 is 0. The molecule has 4 nitrogen and oxygen atoms in total. The number of rotatable bonds is 6. The highest BCUT2D eigenvalue weighted by molar-refractivity contribution is 7.13. The summed E-state index contributed by atoms with van der Waals surface area (Å²) in [6.07, 6.45) is 8.66. The Morgan fingerprint density at radius 1 is 1.33 bits per heavy atom. The van der Waals surface area contributed by atoms with Crippen molar-refractivity contribution >= 4 is 16.5 Å². The lowest BCUT2D eigenvalue weighted by Gasteiger charge is -2.28. The second-order valence-corrected chi connectivity index (χ2v) is 7.29. The first-order chi connectivity index (χ1) is 10.3. The average molecular weight is 309 g/mol. The highest BCUT2D eigenvalue weighted by atomic mass is 32.1. The molecular formula is C16H27N3OS. The summed E-state index contributed by atoms with van der Waals surface area (Å²) in [6, 6.07) is 1.26. The van der Waals surface area contributed by atoms with Gasteiger partial charge in [-0.1, -0.05) is 12.8 Å². The fourth-order valence-electron chi connectivity index (χ4n) is 3.28. The number of nitrogens with zero attached hydrogens (tertiary/aromatic N) is 3. The van der Waals surface area contributed by atoms with Crippen molar-refractivity contribution in [2.24, 2.45) is 0 Å². The van der Waals surface area contributed by atoms with Crippen molar-refractivity contribution in [3.63, 3.8) is 0 Å². The molecule has 1 aromatic heterocycles. The van der Waals surface area contributed by atoms with Crippen LogP contribution in [0, 0.1) is 0 Å². The van der Waals surface area contributed by atoms with Gasteiger partial charge in [0, 0.05) is 37.7 Å². The van der Waals surface area contributed by atoms with E-state index < -0.39 is 0 Å². The lowest BCUT2D eigenvalue weighted by Crippen LogP contribution is -2.35.